The van der Waals surface area contributed by atoms with Gasteiger partial charge in [-0.25, -0.2) is 27.4 Å². The number of aryl methyl sites for hydroxylation is 1. The third-order valence-corrected chi connectivity index (χ3v) is 6.40. The van der Waals surface area contributed by atoms with E-state index in [2.05, 4.69) is 15.2 Å². The minimum atomic E-state index is -1.36. The molecule has 3 amide bonds. The standard InChI is InChI=1S/C24H21F4N7O3/c1-11-21(32-33(2)22(11)23(29)36)17-7-19(16(27)8-30-17)38-13-9-34(10-13)24(37)35-18(3-4-31-35)14-5-12(25)6-15(26)20(14)28/h4-8,13,18H,3,9-10H2,1-2H3,(H2,29,36). The molecule has 0 bridgehead atoms. The van der Waals surface area contributed by atoms with Crippen LogP contribution < -0.4 is 10.5 Å². The van der Waals surface area contributed by atoms with Gasteiger partial charge in [0, 0.05) is 42.9 Å². The minimum Gasteiger partial charge on any atom is -0.483 e. The van der Waals surface area contributed by atoms with Crippen LogP contribution in [0.4, 0.5) is 22.4 Å². The van der Waals surface area contributed by atoms with Crippen LogP contribution in [0, 0.1) is 30.2 Å². The molecule has 0 radical (unpaired) electrons. The molecule has 198 valence electrons. The van der Waals surface area contributed by atoms with E-state index in [4.69, 9.17) is 10.5 Å². The molecule has 1 atom stereocenters. The second-order valence-electron chi connectivity index (χ2n) is 8.92. The van der Waals surface area contributed by atoms with Crippen molar-refractivity contribution in [1.29, 1.82) is 0 Å². The summed E-state index contributed by atoms with van der Waals surface area (Å²) in [4.78, 5) is 30.0. The number of urea groups is 1. The number of hydrogen-bond acceptors (Lipinski definition) is 6. The molecule has 1 fully saturated rings. The number of pyridine rings is 1. The number of amides is 3. The monoisotopic (exact) mass is 531 g/mol. The third-order valence-electron chi connectivity index (χ3n) is 6.40. The zero-order chi connectivity index (χ0) is 27.3. The number of halogens is 4. The minimum absolute atomic E-state index is 0.0586. The highest BCUT2D eigenvalue weighted by Gasteiger charge is 2.40. The summed E-state index contributed by atoms with van der Waals surface area (Å²) in [5, 5.41) is 9.15. The number of carbonyl (C=O) groups excluding carboxylic acids is 2. The molecule has 1 unspecified atom stereocenters. The van der Waals surface area contributed by atoms with Crippen LogP contribution in [-0.2, 0) is 7.05 Å². The predicted octanol–water partition coefficient (Wildman–Crippen LogP) is 3.06. The van der Waals surface area contributed by atoms with Crippen molar-refractivity contribution in [2.75, 3.05) is 13.1 Å². The number of hydrazone groups is 1. The first-order valence-corrected chi connectivity index (χ1v) is 11.5. The molecule has 5 rings (SSSR count). The molecule has 14 heteroatoms. The molecule has 3 aromatic rings. The lowest BCUT2D eigenvalue weighted by Crippen LogP contribution is -2.59. The molecule has 38 heavy (non-hydrogen) atoms. The summed E-state index contributed by atoms with van der Waals surface area (Å²) in [6.07, 6.45) is 1.81. The third kappa shape index (κ3) is 4.31. The van der Waals surface area contributed by atoms with Gasteiger partial charge in [-0.15, -0.1) is 0 Å². The van der Waals surface area contributed by atoms with Gasteiger partial charge in [0.05, 0.1) is 31.0 Å². The van der Waals surface area contributed by atoms with Gasteiger partial charge in [-0.3, -0.25) is 14.5 Å². The van der Waals surface area contributed by atoms with Crippen LogP contribution in [0.25, 0.3) is 11.4 Å². The van der Waals surface area contributed by atoms with Crippen LogP contribution in [0.1, 0.15) is 34.1 Å². The van der Waals surface area contributed by atoms with Crippen LogP contribution in [0.2, 0.25) is 0 Å². The van der Waals surface area contributed by atoms with Gasteiger partial charge in [0.1, 0.15) is 23.3 Å². The van der Waals surface area contributed by atoms with Crippen molar-refractivity contribution in [3.05, 3.63) is 64.5 Å². The molecule has 2 aliphatic rings. The number of primary amides is 1. The van der Waals surface area contributed by atoms with Crippen LogP contribution in [-0.4, -0.2) is 62.0 Å². The Kier molecular flexibility index (Phi) is 6.25. The van der Waals surface area contributed by atoms with Crippen LogP contribution in [0.3, 0.4) is 0 Å². The summed E-state index contributed by atoms with van der Waals surface area (Å²) >= 11 is 0. The summed E-state index contributed by atoms with van der Waals surface area (Å²) in [5.41, 5.74) is 6.32. The fourth-order valence-corrected chi connectivity index (χ4v) is 4.53. The van der Waals surface area contributed by atoms with E-state index in [-0.39, 0.29) is 42.2 Å². The number of benzene rings is 1. The average Bonchev–Trinajstić information content (AvgIpc) is 3.43. The van der Waals surface area contributed by atoms with Crippen LogP contribution in [0.15, 0.2) is 29.5 Å². The number of carbonyl (C=O) groups is 2. The molecule has 2 aromatic heterocycles. The highest BCUT2D eigenvalue weighted by molar-refractivity contribution is 5.94. The largest absolute Gasteiger partial charge is 0.483 e. The van der Waals surface area contributed by atoms with Crippen LogP contribution >= 0.6 is 0 Å². The van der Waals surface area contributed by atoms with E-state index in [0.29, 0.717) is 17.3 Å². The topological polar surface area (TPSA) is 119 Å². The molecule has 2 aliphatic heterocycles. The van der Waals surface area contributed by atoms with Gasteiger partial charge >= 0.3 is 6.03 Å². The molecular weight excluding hydrogens is 510 g/mol. The maximum absolute atomic E-state index is 14.5. The first-order chi connectivity index (χ1) is 18.0. The van der Waals surface area contributed by atoms with Gasteiger partial charge in [0.25, 0.3) is 5.91 Å². The molecular formula is C24H21F4N7O3. The van der Waals surface area contributed by atoms with E-state index >= 15 is 0 Å². The van der Waals surface area contributed by atoms with E-state index in [1.807, 2.05) is 0 Å². The van der Waals surface area contributed by atoms with Crippen molar-refractivity contribution in [3.63, 3.8) is 0 Å². The SMILES string of the molecule is Cc1c(-c2cc(OC3CN(C(=O)N4N=CCC4c4cc(F)cc(F)c4F)C3)c(F)cn2)nn(C)c1C(N)=O. The quantitative estimate of drug-likeness (QED) is 0.401. The van der Waals surface area contributed by atoms with Crippen LogP contribution in [0.5, 0.6) is 5.75 Å². The van der Waals surface area contributed by atoms with E-state index in [1.54, 1.807) is 14.0 Å². The number of nitrogens with zero attached hydrogens (tertiary/aromatic N) is 6. The van der Waals surface area contributed by atoms with Gasteiger partial charge in [-0.2, -0.15) is 10.2 Å². The Bertz CT molecular complexity index is 1490. The Labute approximate surface area is 213 Å². The molecule has 4 heterocycles. The molecule has 0 saturated carbocycles. The highest BCUT2D eigenvalue weighted by Crippen LogP contribution is 2.34. The van der Waals surface area contributed by atoms with E-state index in [0.717, 1.165) is 17.3 Å². The zero-order valence-electron chi connectivity index (χ0n) is 20.2. The summed E-state index contributed by atoms with van der Waals surface area (Å²) in [7, 11) is 1.55. The van der Waals surface area contributed by atoms with Crippen molar-refractivity contribution < 1.29 is 31.9 Å². The van der Waals surface area contributed by atoms with Crippen molar-refractivity contribution in [3.8, 4) is 17.1 Å². The second-order valence-corrected chi connectivity index (χ2v) is 8.92. The van der Waals surface area contributed by atoms with Gasteiger partial charge in [0.2, 0.25) is 0 Å². The predicted molar refractivity (Wildman–Crippen MR) is 125 cm³/mol. The Morgan fingerprint density at radius 1 is 1.11 bits per heavy atom. The van der Waals surface area contributed by atoms with E-state index < -0.39 is 47.4 Å². The Morgan fingerprint density at radius 2 is 1.84 bits per heavy atom. The van der Waals surface area contributed by atoms with Gasteiger partial charge < -0.3 is 15.4 Å². The average molecular weight is 531 g/mol. The smallest absolute Gasteiger partial charge is 0.341 e. The fourth-order valence-electron chi connectivity index (χ4n) is 4.53. The van der Waals surface area contributed by atoms with Crippen molar-refractivity contribution in [2.24, 2.45) is 17.9 Å². The summed E-state index contributed by atoms with van der Waals surface area (Å²) in [6.45, 7) is 1.76. The molecule has 0 spiro atoms. The number of aromatic nitrogens is 3. The maximum Gasteiger partial charge on any atom is 0.341 e. The zero-order valence-corrected chi connectivity index (χ0v) is 20.2. The lowest BCUT2D eigenvalue weighted by atomic mass is 10.0. The molecule has 1 aromatic carbocycles. The summed E-state index contributed by atoms with van der Waals surface area (Å²) in [5.74, 6) is -5.12. The number of hydrogen-bond donors (Lipinski definition) is 1. The van der Waals surface area contributed by atoms with Crippen molar-refractivity contribution >= 4 is 18.2 Å². The maximum atomic E-state index is 14.5. The number of likely N-dealkylation sites (tertiary alicyclic amines) is 1. The lowest BCUT2D eigenvalue weighted by Gasteiger charge is -2.41. The first kappa shape index (κ1) is 25.2. The van der Waals surface area contributed by atoms with E-state index in [1.165, 1.54) is 21.9 Å². The van der Waals surface area contributed by atoms with Crippen molar-refractivity contribution in [2.45, 2.75) is 25.5 Å². The Morgan fingerprint density at radius 3 is 2.53 bits per heavy atom. The molecule has 2 N–H and O–H groups in total. The molecule has 10 nitrogen and oxygen atoms in total. The van der Waals surface area contributed by atoms with E-state index in [9.17, 15) is 27.2 Å². The fraction of sp³-hybridized carbons (Fsp3) is 0.292. The van der Waals surface area contributed by atoms with Gasteiger partial charge in [-0.05, 0) is 13.0 Å². The highest BCUT2D eigenvalue weighted by atomic mass is 19.2. The summed E-state index contributed by atoms with van der Waals surface area (Å²) in [6, 6.07) is 0.960. The lowest BCUT2D eigenvalue weighted by molar-refractivity contribution is 0.0255. The van der Waals surface area contributed by atoms with Gasteiger partial charge in [0.15, 0.2) is 23.2 Å². The Balaban J connectivity index is 1.27. The normalized spacial score (nSPS) is 17.2. The first-order valence-electron chi connectivity index (χ1n) is 11.5. The number of rotatable bonds is 5. The number of ether oxygens (including phenoxy) is 1. The number of nitrogens with two attached hydrogens (primary N) is 1. The molecule has 1 saturated heterocycles. The molecule has 0 aliphatic carbocycles. The second kappa shape index (κ2) is 9.43. The van der Waals surface area contributed by atoms with Crippen molar-refractivity contribution in [1.82, 2.24) is 24.7 Å². The summed E-state index contributed by atoms with van der Waals surface area (Å²) < 4.78 is 63.2. The van der Waals surface area contributed by atoms with Gasteiger partial charge in [-0.1, -0.05) is 0 Å². The Hall–Kier alpha value is -4.49.